The van der Waals surface area contributed by atoms with E-state index in [1.807, 2.05) is 0 Å². The highest BCUT2D eigenvalue weighted by atomic mass is 35.5. The van der Waals surface area contributed by atoms with Gasteiger partial charge in [0.1, 0.15) is 6.04 Å². The highest BCUT2D eigenvalue weighted by Gasteiger charge is 2.23. The Morgan fingerprint density at radius 1 is 1.22 bits per heavy atom. The number of carbonyl (C=O) groups is 2. The number of hydrogen-bond acceptors (Lipinski definition) is 4. The first-order valence-corrected chi connectivity index (χ1v) is 7.49. The molecule has 0 spiro atoms. The molecule has 2 aromatic rings. The predicted molar refractivity (Wildman–Crippen MR) is 87.7 cm³/mol. The van der Waals surface area contributed by atoms with Gasteiger partial charge >= 0.3 is 5.97 Å². The van der Waals surface area contributed by atoms with Crippen molar-refractivity contribution in [3.63, 3.8) is 0 Å². The van der Waals surface area contributed by atoms with Crippen LogP contribution in [0.1, 0.15) is 15.9 Å². The van der Waals surface area contributed by atoms with Crippen molar-refractivity contribution in [1.29, 1.82) is 0 Å². The average molecular weight is 353 g/mol. The van der Waals surface area contributed by atoms with Crippen LogP contribution in [0, 0.1) is 0 Å². The molecular formula is C16H14Cl2N2O3. The number of rotatable bonds is 5. The van der Waals surface area contributed by atoms with Crippen molar-refractivity contribution in [3.8, 4) is 0 Å². The van der Waals surface area contributed by atoms with Crippen molar-refractivity contribution in [2.45, 2.75) is 12.5 Å². The van der Waals surface area contributed by atoms with Crippen LogP contribution in [0.15, 0.2) is 42.7 Å². The second kappa shape index (κ2) is 7.94. The van der Waals surface area contributed by atoms with Crippen LogP contribution in [-0.2, 0) is 16.0 Å². The maximum Gasteiger partial charge on any atom is 0.328 e. The van der Waals surface area contributed by atoms with Crippen LogP contribution in [0.4, 0.5) is 0 Å². The summed E-state index contributed by atoms with van der Waals surface area (Å²) in [6.07, 6.45) is 3.19. The third-order valence-electron chi connectivity index (χ3n) is 3.17. The van der Waals surface area contributed by atoms with Gasteiger partial charge in [-0.3, -0.25) is 9.78 Å². The molecule has 0 saturated heterocycles. The SMILES string of the molecule is COC(=O)[C@@H](Cc1ccc(Cl)cc1Cl)NC(=O)c1ccncc1. The molecule has 1 aromatic heterocycles. The standard InChI is InChI=1S/C16H14Cl2N2O3/c1-23-16(22)14(8-11-2-3-12(17)9-13(11)18)20-15(21)10-4-6-19-7-5-10/h2-7,9,14H,8H2,1H3,(H,20,21)/t14-/m1/s1. The summed E-state index contributed by atoms with van der Waals surface area (Å²) < 4.78 is 4.75. The predicted octanol–water partition coefficient (Wildman–Crippen LogP) is 2.90. The van der Waals surface area contributed by atoms with Gasteiger partial charge in [-0.25, -0.2) is 4.79 Å². The van der Waals surface area contributed by atoms with Crippen LogP contribution in [0.3, 0.4) is 0 Å². The Bertz CT molecular complexity index is 708. The molecule has 0 saturated carbocycles. The fourth-order valence-electron chi connectivity index (χ4n) is 1.99. The number of amides is 1. The Kier molecular flexibility index (Phi) is 5.96. The third kappa shape index (κ3) is 4.68. The van der Waals surface area contributed by atoms with Gasteiger partial charge in [0.25, 0.3) is 5.91 Å². The van der Waals surface area contributed by atoms with Gasteiger partial charge in [-0.2, -0.15) is 0 Å². The number of benzene rings is 1. The molecule has 1 N–H and O–H groups in total. The van der Waals surface area contributed by atoms with E-state index in [2.05, 4.69) is 10.3 Å². The Morgan fingerprint density at radius 2 is 1.91 bits per heavy atom. The minimum absolute atomic E-state index is 0.194. The zero-order chi connectivity index (χ0) is 16.8. The number of nitrogens with one attached hydrogen (secondary N) is 1. The summed E-state index contributed by atoms with van der Waals surface area (Å²) in [6, 6.07) is 7.20. The normalized spacial score (nSPS) is 11.6. The van der Waals surface area contributed by atoms with Crippen molar-refractivity contribution in [1.82, 2.24) is 10.3 Å². The molecule has 0 aliphatic heterocycles. The van der Waals surface area contributed by atoms with E-state index in [4.69, 9.17) is 27.9 Å². The molecule has 7 heteroatoms. The molecule has 23 heavy (non-hydrogen) atoms. The van der Waals surface area contributed by atoms with E-state index >= 15 is 0 Å². The fraction of sp³-hybridized carbons (Fsp3) is 0.188. The molecule has 1 amide bonds. The summed E-state index contributed by atoms with van der Waals surface area (Å²) in [7, 11) is 1.26. The molecule has 5 nitrogen and oxygen atoms in total. The van der Waals surface area contributed by atoms with Gasteiger partial charge in [0.2, 0.25) is 0 Å². The van der Waals surface area contributed by atoms with Gasteiger partial charge in [-0.1, -0.05) is 29.3 Å². The lowest BCUT2D eigenvalue weighted by molar-refractivity contribution is -0.142. The van der Waals surface area contributed by atoms with Gasteiger partial charge in [-0.05, 0) is 29.8 Å². The lowest BCUT2D eigenvalue weighted by Crippen LogP contribution is -2.43. The lowest BCUT2D eigenvalue weighted by atomic mass is 10.1. The van der Waals surface area contributed by atoms with Gasteiger partial charge in [0.05, 0.1) is 7.11 Å². The molecule has 1 heterocycles. The van der Waals surface area contributed by atoms with Crippen molar-refractivity contribution < 1.29 is 14.3 Å². The molecule has 0 aliphatic rings. The number of aromatic nitrogens is 1. The van der Waals surface area contributed by atoms with Gasteiger partial charge in [0, 0.05) is 34.4 Å². The number of hydrogen-bond donors (Lipinski definition) is 1. The molecule has 2 rings (SSSR count). The summed E-state index contributed by atoms with van der Waals surface area (Å²) in [6.45, 7) is 0. The summed E-state index contributed by atoms with van der Waals surface area (Å²) in [5.41, 5.74) is 1.08. The summed E-state index contributed by atoms with van der Waals surface area (Å²) in [4.78, 5) is 28.0. The van der Waals surface area contributed by atoms with Gasteiger partial charge < -0.3 is 10.1 Å². The number of halogens is 2. The molecule has 0 radical (unpaired) electrons. The van der Waals surface area contributed by atoms with Crippen LogP contribution in [0.5, 0.6) is 0 Å². The van der Waals surface area contributed by atoms with Crippen molar-refractivity contribution >= 4 is 35.1 Å². The molecule has 0 aliphatic carbocycles. The molecule has 0 bridgehead atoms. The highest BCUT2D eigenvalue weighted by Crippen LogP contribution is 2.22. The van der Waals surface area contributed by atoms with E-state index in [1.54, 1.807) is 30.3 Å². The Labute approximate surface area is 143 Å². The first-order valence-electron chi connectivity index (χ1n) is 6.74. The Morgan fingerprint density at radius 3 is 2.52 bits per heavy atom. The largest absolute Gasteiger partial charge is 0.467 e. The fourth-order valence-corrected chi connectivity index (χ4v) is 2.47. The molecule has 120 valence electrons. The lowest BCUT2D eigenvalue weighted by Gasteiger charge is -2.17. The summed E-state index contributed by atoms with van der Waals surface area (Å²) in [5.74, 6) is -0.952. The van der Waals surface area contributed by atoms with E-state index in [9.17, 15) is 9.59 Å². The van der Waals surface area contributed by atoms with Crippen LogP contribution in [0.2, 0.25) is 10.0 Å². The third-order valence-corrected chi connectivity index (χ3v) is 3.76. The van der Waals surface area contributed by atoms with E-state index in [1.165, 1.54) is 19.5 Å². The number of carbonyl (C=O) groups excluding carboxylic acids is 2. The van der Waals surface area contributed by atoms with E-state index in [-0.39, 0.29) is 6.42 Å². The number of ether oxygens (including phenoxy) is 1. The smallest absolute Gasteiger partial charge is 0.328 e. The van der Waals surface area contributed by atoms with Crippen LogP contribution >= 0.6 is 23.2 Å². The number of pyridine rings is 1. The quantitative estimate of drug-likeness (QED) is 0.840. The second-order valence-electron chi connectivity index (χ2n) is 4.72. The number of nitrogens with zero attached hydrogens (tertiary/aromatic N) is 1. The van der Waals surface area contributed by atoms with E-state index in [0.717, 1.165) is 0 Å². The zero-order valence-electron chi connectivity index (χ0n) is 12.3. The van der Waals surface area contributed by atoms with Crippen LogP contribution < -0.4 is 5.32 Å². The van der Waals surface area contributed by atoms with Crippen molar-refractivity contribution in [3.05, 3.63) is 63.9 Å². The summed E-state index contributed by atoms with van der Waals surface area (Å²) >= 11 is 12.0. The molecule has 1 atom stereocenters. The van der Waals surface area contributed by atoms with Gasteiger partial charge in [0.15, 0.2) is 0 Å². The van der Waals surface area contributed by atoms with Crippen LogP contribution in [0.25, 0.3) is 0 Å². The van der Waals surface area contributed by atoms with E-state index < -0.39 is 17.9 Å². The van der Waals surface area contributed by atoms with Gasteiger partial charge in [-0.15, -0.1) is 0 Å². The zero-order valence-corrected chi connectivity index (χ0v) is 13.8. The van der Waals surface area contributed by atoms with E-state index in [0.29, 0.717) is 21.2 Å². The first kappa shape index (κ1) is 17.2. The molecular weight excluding hydrogens is 339 g/mol. The van der Waals surface area contributed by atoms with Crippen LogP contribution in [-0.4, -0.2) is 30.0 Å². The Balaban J connectivity index is 2.17. The summed E-state index contributed by atoms with van der Waals surface area (Å²) in [5, 5.41) is 3.56. The van der Waals surface area contributed by atoms with Crippen molar-refractivity contribution in [2.24, 2.45) is 0 Å². The minimum Gasteiger partial charge on any atom is -0.467 e. The monoisotopic (exact) mass is 352 g/mol. The maximum absolute atomic E-state index is 12.2. The molecule has 1 aromatic carbocycles. The molecule has 0 fully saturated rings. The number of esters is 1. The average Bonchev–Trinajstić information content (AvgIpc) is 2.56. The minimum atomic E-state index is -0.862. The topological polar surface area (TPSA) is 68.3 Å². The Hall–Kier alpha value is -2.11. The molecule has 0 unspecified atom stereocenters. The van der Waals surface area contributed by atoms with Crippen molar-refractivity contribution in [2.75, 3.05) is 7.11 Å². The highest BCUT2D eigenvalue weighted by molar-refractivity contribution is 6.35. The maximum atomic E-state index is 12.2. The second-order valence-corrected chi connectivity index (χ2v) is 5.57. The number of methoxy groups -OCH3 is 1. The first-order chi connectivity index (χ1) is 11.0.